The fourth-order valence-electron chi connectivity index (χ4n) is 4.32. The highest BCUT2D eigenvalue weighted by molar-refractivity contribution is 7.98. The molecule has 176 valence electrons. The van der Waals surface area contributed by atoms with Crippen LogP contribution < -0.4 is 5.73 Å². The van der Waals surface area contributed by atoms with Gasteiger partial charge in [-0.15, -0.1) is 0 Å². The average Bonchev–Trinajstić information content (AvgIpc) is 2.88. The van der Waals surface area contributed by atoms with Crippen molar-refractivity contribution in [3.8, 4) is 0 Å². The Morgan fingerprint density at radius 3 is 1.91 bits per heavy atom. The molecule has 3 aromatic carbocycles. The standard InChI is InChI=1S/C29H38N2OS/c1-33-22-18-28(23-30)31(20-21-32-24-25-11-5-2-6-12-25)19-17-29(26-13-7-3-8-14-26)27-15-9-4-10-16-27/h2-16,28-29H,17-24,30H2,1H3. The first-order valence-electron chi connectivity index (χ1n) is 12.0. The van der Waals surface area contributed by atoms with E-state index in [0.29, 0.717) is 31.7 Å². The van der Waals surface area contributed by atoms with Gasteiger partial charge in [-0.2, -0.15) is 11.8 Å². The molecule has 0 aliphatic carbocycles. The third-order valence-corrected chi connectivity index (χ3v) is 6.83. The predicted octanol–water partition coefficient (Wildman–Crippen LogP) is 5.81. The minimum absolute atomic E-state index is 0.374. The van der Waals surface area contributed by atoms with Gasteiger partial charge in [0.1, 0.15) is 0 Å². The molecular formula is C29H38N2OS. The van der Waals surface area contributed by atoms with E-state index in [2.05, 4.69) is 96.1 Å². The molecule has 0 saturated heterocycles. The maximum absolute atomic E-state index is 6.25. The molecule has 0 spiro atoms. The zero-order valence-electron chi connectivity index (χ0n) is 19.8. The largest absolute Gasteiger partial charge is 0.375 e. The molecule has 3 nitrogen and oxygen atoms in total. The smallest absolute Gasteiger partial charge is 0.0717 e. The van der Waals surface area contributed by atoms with Crippen LogP contribution in [0.25, 0.3) is 0 Å². The quantitative estimate of drug-likeness (QED) is 0.289. The summed E-state index contributed by atoms with van der Waals surface area (Å²) in [5, 5.41) is 0. The molecule has 3 rings (SSSR count). The normalized spacial score (nSPS) is 12.4. The molecule has 0 aliphatic heterocycles. The number of nitrogens with zero attached hydrogens (tertiary/aromatic N) is 1. The lowest BCUT2D eigenvalue weighted by molar-refractivity contribution is 0.0766. The Labute approximate surface area is 204 Å². The summed E-state index contributed by atoms with van der Waals surface area (Å²) in [4.78, 5) is 2.56. The maximum Gasteiger partial charge on any atom is 0.0717 e. The number of hydrogen-bond donors (Lipinski definition) is 1. The van der Waals surface area contributed by atoms with Crippen LogP contribution in [0.1, 0.15) is 35.4 Å². The molecule has 1 atom stereocenters. The van der Waals surface area contributed by atoms with E-state index in [4.69, 9.17) is 10.5 Å². The summed E-state index contributed by atoms with van der Waals surface area (Å²) in [6, 6.07) is 32.5. The molecule has 0 heterocycles. The van der Waals surface area contributed by atoms with Crippen LogP contribution in [-0.2, 0) is 11.3 Å². The molecule has 2 N–H and O–H groups in total. The van der Waals surface area contributed by atoms with E-state index in [-0.39, 0.29) is 0 Å². The summed E-state index contributed by atoms with van der Waals surface area (Å²) in [7, 11) is 0. The Kier molecular flexibility index (Phi) is 11.5. The van der Waals surface area contributed by atoms with E-state index in [0.717, 1.165) is 31.7 Å². The summed E-state index contributed by atoms with van der Waals surface area (Å²) in [6.07, 6.45) is 4.34. The first-order chi connectivity index (χ1) is 16.3. The van der Waals surface area contributed by atoms with Gasteiger partial charge >= 0.3 is 0 Å². The second-order valence-electron chi connectivity index (χ2n) is 8.41. The van der Waals surface area contributed by atoms with E-state index in [9.17, 15) is 0 Å². The molecule has 33 heavy (non-hydrogen) atoms. The van der Waals surface area contributed by atoms with E-state index >= 15 is 0 Å². The zero-order chi connectivity index (χ0) is 23.1. The van der Waals surface area contributed by atoms with Crippen LogP contribution >= 0.6 is 11.8 Å². The van der Waals surface area contributed by atoms with E-state index in [1.165, 1.54) is 16.7 Å². The first kappa shape index (κ1) is 25.5. The van der Waals surface area contributed by atoms with Gasteiger partial charge in [-0.1, -0.05) is 91.0 Å². The van der Waals surface area contributed by atoms with Gasteiger partial charge in [-0.05, 0) is 48.1 Å². The van der Waals surface area contributed by atoms with Gasteiger partial charge in [0.25, 0.3) is 0 Å². The van der Waals surface area contributed by atoms with Crippen molar-refractivity contribution in [1.29, 1.82) is 0 Å². The second-order valence-corrected chi connectivity index (χ2v) is 9.39. The number of nitrogens with two attached hydrogens (primary N) is 1. The Hall–Kier alpha value is -2.11. The summed E-state index contributed by atoms with van der Waals surface area (Å²) < 4.78 is 6.04. The van der Waals surface area contributed by atoms with E-state index in [1.54, 1.807) is 0 Å². The molecule has 4 heteroatoms. The fraction of sp³-hybridized carbons (Fsp3) is 0.379. The second kappa shape index (κ2) is 14.9. The van der Waals surface area contributed by atoms with Crippen LogP contribution in [-0.4, -0.2) is 49.2 Å². The molecule has 3 aromatic rings. The zero-order valence-corrected chi connectivity index (χ0v) is 20.6. The van der Waals surface area contributed by atoms with Crippen LogP contribution in [0.4, 0.5) is 0 Å². The summed E-state index contributed by atoms with van der Waals surface area (Å²) in [5.74, 6) is 1.50. The molecule has 0 bridgehead atoms. The van der Waals surface area contributed by atoms with Crippen molar-refractivity contribution in [2.24, 2.45) is 5.73 Å². The van der Waals surface area contributed by atoms with Crippen molar-refractivity contribution >= 4 is 11.8 Å². The van der Waals surface area contributed by atoms with Gasteiger partial charge in [-0.3, -0.25) is 4.90 Å². The SMILES string of the molecule is CSCCC(CN)N(CCOCc1ccccc1)CCC(c1ccccc1)c1ccccc1. The third kappa shape index (κ3) is 8.63. The highest BCUT2D eigenvalue weighted by atomic mass is 32.2. The lowest BCUT2D eigenvalue weighted by atomic mass is 9.88. The van der Waals surface area contributed by atoms with Gasteiger partial charge in [0, 0.05) is 25.0 Å². The highest BCUT2D eigenvalue weighted by Crippen LogP contribution is 2.28. The lowest BCUT2D eigenvalue weighted by Crippen LogP contribution is -2.43. The summed E-state index contributed by atoms with van der Waals surface area (Å²) >= 11 is 1.89. The average molecular weight is 463 g/mol. The number of rotatable bonds is 15. The van der Waals surface area contributed by atoms with E-state index < -0.39 is 0 Å². The minimum Gasteiger partial charge on any atom is -0.375 e. The molecule has 0 fully saturated rings. The van der Waals surface area contributed by atoms with Crippen molar-refractivity contribution in [3.05, 3.63) is 108 Å². The molecular weight excluding hydrogens is 424 g/mol. The topological polar surface area (TPSA) is 38.5 Å². The molecule has 1 unspecified atom stereocenters. The molecule has 0 aromatic heterocycles. The Bertz CT molecular complexity index is 836. The van der Waals surface area contributed by atoms with Gasteiger partial charge in [-0.25, -0.2) is 0 Å². The van der Waals surface area contributed by atoms with Crippen LogP contribution in [0.15, 0.2) is 91.0 Å². The monoisotopic (exact) mass is 462 g/mol. The Balaban J connectivity index is 1.66. The molecule has 0 aliphatic rings. The van der Waals surface area contributed by atoms with Crippen molar-refractivity contribution in [2.75, 3.05) is 38.2 Å². The molecule has 0 radical (unpaired) electrons. The Morgan fingerprint density at radius 2 is 1.36 bits per heavy atom. The number of thioether (sulfide) groups is 1. The Morgan fingerprint density at radius 1 is 0.788 bits per heavy atom. The lowest BCUT2D eigenvalue weighted by Gasteiger charge is -2.32. The fourth-order valence-corrected chi connectivity index (χ4v) is 4.83. The third-order valence-electron chi connectivity index (χ3n) is 6.19. The van der Waals surface area contributed by atoms with Crippen molar-refractivity contribution in [1.82, 2.24) is 4.90 Å². The van der Waals surface area contributed by atoms with Gasteiger partial charge in [0.2, 0.25) is 0 Å². The van der Waals surface area contributed by atoms with Crippen LogP contribution in [0.5, 0.6) is 0 Å². The van der Waals surface area contributed by atoms with Crippen LogP contribution in [0.3, 0.4) is 0 Å². The van der Waals surface area contributed by atoms with Crippen molar-refractivity contribution in [2.45, 2.75) is 31.4 Å². The summed E-state index contributed by atoms with van der Waals surface area (Å²) in [6.45, 7) is 3.95. The van der Waals surface area contributed by atoms with Crippen LogP contribution in [0.2, 0.25) is 0 Å². The first-order valence-corrected chi connectivity index (χ1v) is 13.4. The predicted molar refractivity (Wildman–Crippen MR) is 143 cm³/mol. The number of benzene rings is 3. The van der Waals surface area contributed by atoms with Gasteiger partial charge in [0.15, 0.2) is 0 Å². The van der Waals surface area contributed by atoms with Crippen molar-refractivity contribution < 1.29 is 4.74 Å². The van der Waals surface area contributed by atoms with Crippen LogP contribution in [0, 0.1) is 0 Å². The molecule has 0 amide bonds. The van der Waals surface area contributed by atoms with E-state index in [1.807, 2.05) is 17.8 Å². The number of hydrogen-bond acceptors (Lipinski definition) is 4. The van der Waals surface area contributed by atoms with Crippen molar-refractivity contribution in [3.63, 3.8) is 0 Å². The minimum atomic E-state index is 0.374. The number of ether oxygens (including phenoxy) is 1. The summed E-state index contributed by atoms with van der Waals surface area (Å²) in [5.41, 5.74) is 10.2. The van der Waals surface area contributed by atoms with Gasteiger partial charge in [0.05, 0.1) is 13.2 Å². The molecule has 0 saturated carbocycles. The van der Waals surface area contributed by atoms with Gasteiger partial charge < -0.3 is 10.5 Å². The highest BCUT2D eigenvalue weighted by Gasteiger charge is 2.20. The maximum atomic E-state index is 6.25.